The standard InChI is InChI=1S/C22H24N2O3/c1-4-6-18-7-5-12-24(18)21(25)17-10-8-16(9-11-17)19-13-14(2)20(22(26)27)15(3)23-19/h5,7-11,13,18H,4,6,12H2,1-3H3,(H,26,27)/t18-/m0/s1. The van der Waals surface area contributed by atoms with E-state index in [9.17, 15) is 14.7 Å². The number of carboxylic acids is 1. The molecule has 0 unspecified atom stereocenters. The first kappa shape index (κ1) is 18.8. The molecular formula is C22H24N2O3. The summed E-state index contributed by atoms with van der Waals surface area (Å²) in [6, 6.07) is 9.32. The predicted octanol–water partition coefficient (Wildman–Crippen LogP) is 4.24. The van der Waals surface area contributed by atoms with Crippen molar-refractivity contribution < 1.29 is 14.7 Å². The van der Waals surface area contributed by atoms with Crippen LogP contribution in [0.15, 0.2) is 42.5 Å². The van der Waals surface area contributed by atoms with E-state index in [1.54, 1.807) is 19.9 Å². The van der Waals surface area contributed by atoms with Gasteiger partial charge in [0.15, 0.2) is 0 Å². The maximum Gasteiger partial charge on any atom is 0.337 e. The molecule has 1 aliphatic rings. The maximum atomic E-state index is 12.8. The first-order chi connectivity index (χ1) is 12.9. The summed E-state index contributed by atoms with van der Waals surface area (Å²) in [5.74, 6) is -0.933. The molecule has 1 aromatic heterocycles. The van der Waals surface area contributed by atoms with Crippen LogP contribution in [0.2, 0.25) is 0 Å². The molecule has 1 N–H and O–H groups in total. The Morgan fingerprint density at radius 3 is 2.52 bits per heavy atom. The van der Waals surface area contributed by atoms with Gasteiger partial charge in [-0.3, -0.25) is 9.78 Å². The van der Waals surface area contributed by atoms with Gasteiger partial charge >= 0.3 is 5.97 Å². The summed E-state index contributed by atoms with van der Waals surface area (Å²) in [5.41, 5.74) is 3.63. The number of carbonyl (C=O) groups excluding carboxylic acids is 1. The number of pyridine rings is 1. The van der Waals surface area contributed by atoms with Gasteiger partial charge in [0.2, 0.25) is 0 Å². The minimum absolute atomic E-state index is 0.0338. The van der Waals surface area contributed by atoms with Crippen LogP contribution in [0.3, 0.4) is 0 Å². The minimum Gasteiger partial charge on any atom is -0.478 e. The van der Waals surface area contributed by atoms with E-state index in [2.05, 4.69) is 18.0 Å². The second-order valence-electron chi connectivity index (χ2n) is 6.91. The van der Waals surface area contributed by atoms with Crippen LogP contribution in [-0.2, 0) is 0 Å². The van der Waals surface area contributed by atoms with Gasteiger partial charge in [-0.1, -0.05) is 37.6 Å². The normalized spacial score (nSPS) is 16.0. The third-order valence-electron chi connectivity index (χ3n) is 4.94. The molecule has 1 atom stereocenters. The van der Waals surface area contributed by atoms with E-state index in [1.165, 1.54) is 0 Å². The zero-order valence-electron chi connectivity index (χ0n) is 15.9. The topological polar surface area (TPSA) is 70.5 Å². The smallest absolute Gasteiger partial charge is 0.337 e. The van der Waals surface area contributed by atoms with Crippen molar-refractivity contribution in [3.63, 3.8) is 0 Å². The lowest BCUT2D eigenvalue weighted by Gasteiger charge is -2.24. The number of carbonyl (C=O) groups is 2. The second kappa shape index (κ2) is 7.74. The van der Waals surface area contributed by atoms with Crippen molar-refractivity contribution in [3.05, 3.63) is 64.9 Å². The molecule has 1 aromatic carbocycles. The largest absolute Gasteiger partial charge is 0.478 e. The summed E-state index contributed by atoms with van der Waals surface area (Å²) < 4.78 is 0. The summed E-state index contributed by atoms with van der Waals surface area (Å²) in [6.07, 6.45) is 6.16. The molecule has 0 fully saturated rings. The Morgan fingerprint density at radius 2 is 1.93 bits per heavy atom. The molecular weight excluding hydrogens is 340 g/mol. The molecule has 0 radical (unpaired) electrons. The van der Waals surface area contributed by atoms with Crippen molar-refractivity contribution in [2.24, 2.45) is 0 Å². The average Bonchev–Trinajstić information content (AvgIpc) is 3.09. The molecule has 2 heterocycles. The van der Waals surface area contributed by atoms with Crippen LogP contribution in [0.4, 0.5) is 0 Å². The molecule has 0 aliphatic carbocycles. The second-order valence-corrected chi connectivity index (χ2v) is 6.91. The molecule has 0 spiro atoms. The van der Waals surface area contributed by atoms with E-state index in [4.69, 9.17) is 0 Å². The van der Waals surface area contributed by atoms with Crippen molar-refractivity contribution in [2.75, 3.05) is 6.54 Å². The zero-order valence-corrected chi connectivity index (χ0v) is 15.9. The Kier molecular flexibility index (Phi) is 5.40. The van der Waals surface area contributed by atoms with E-state index in [0.717, 1.165) is 18.4 Å². The number of aromatic nitrogens is 1. The highest BCUT2D eigenvalue weighted by Gasteiger charge is 2.25. The highest BCUT2D eigenvalue weighted by molar-refractivity contribution is 5.95. The summed E-state index contributed by atoms with van der Waals surface area (Å²) >= 11 is 0. The van der Waals surface area contributed by atoms with Gasteiger partial charge in [-0.2, -0.15) is 0 Å². The number of carboxylic acid groups (broad SMARTS) is 1. The number of nitrogens with zero attached hydrogens (tertiary/aromatic N) is 2. The molecule has 0 bridgehead atoms. The monoisotopic (exact) mass is 364 g/mol. The van der Waals surface area contributed by atoms with Crippen molar-refractivity contribution >= 4 is 11.9 Å². The van der Waals surface area contributed by atoms with Crippen molar-refractivity contribution in [2.45, 2.75) is 39.7 Å². The van der Waals surface area contributed by atoms with Gasteiger partial charge in [0.1, 0.15) is 0 Å². The molecule has 5 heteroatoms. The van der Waals surface area contributed by atoms with Crippen LogP contribution in [0.25, 0.3) is 11.3 Å². The number of aromatic carboxylic acids is 1. The van der Waals surface area contributed by atoms with Crippen LogP contribution in [-0.4, -0.2) is 39.5 Å². The molecule has 5 nitrogen and oxygen atoms in total. The van der Waals surface area contributed by atoms with Crippen LogP contribution in [0, 0.1) is 13.8 Å². The molecule has 140 valence electrons. The van der Waals surface area contributed by atoms with Gasteiger partial charge in [-0.25, -0.2) is 4.79 Å². The van der Waals surface area contributed by atoms with Crippen LogP contribution < -0.4 is 0 Å². The fourth-order valence-electron chi connectivity index (χ4n) is 3.60. The van der Waals surface area contributed by atoms with Crippen LogP contribution >= 0.6 is 0 Å². The van der Waals surface area contributed by atoms with Crippen molar-refractivity contribution in [3.8, 4) is 11.3 Å². The van der Waals surface area contributed by atoms with E-state index >= 15 is 0 Å². The van der Waals surface area contributed by atoms with E-state index in [0.29, 0.717) is 29.1 Å². The summed E-state index contributed by atoms with van der Waals surface area (Å²) in [7, 11) is 0. The minimum atomic E-state index is -0.967. The predicted molar refractivity (Wildman–Crippen MR) is 105 cm³/mol. The fourth-order valence-corrected chi connectivity index (χ4v) is 3.60. The Hall–Kier alpha value is -2.95. The average molecular weight is 364 g/mol. The van der Waals surface area contributed by atoms with Gasteiger partial charge in [-0.05, 0) is 44.0 Å². The number of hydrogen-bond donors (Lipinski definition) is 1. The fraction of sp³-hybridized carbons (Fsp3) is 0.318. The molecule has 2 aromatic rings. The molecule has 0 saturated heterocycles. The number of hydrogen-bond acceptors (Lipinski definition) is 3. The highest BCUT2D eigenvalue weighted by atomic mass is 16.4. The lowest BCUT2D eigenvalue weighted by Crippen LogP contribution is -2.35. The van der Waals surface area contributed by atoms with Gasteiger partial charge in [0.25, 0.3) is 5.91 Å². The SMILES string of the molecule is CCC[C@H]1C=CCN1C(=O)c1ccc(-c2cc(C)c(C(=O)O)c(C)n2)cc1. The Labute approximate surface area is 159 Å². The molecule has 1 aliphatic heterocycles. The first-order valence-corrected chi connectivity index (χ1v) is 9.22. The zero-order chi connectivity index (χ0) is 19.6. The quantitative estimate of drug-likeness (QED) is 0.806. The van der Waals surface area contributed by atoms with Crippen molar-refractivity contribution in [1.29, 1.82) is 0 Å². The van der Waals surface area contributed by atoms with Crippen molar-refractivity contribution in [1.82, 2.24) is 9.88 Å². The van der Waals surface area contributed by atoms with Crippen LogP contribution in [0.5, 0.6) is 0 Å². The van der Waals surface area contributed by atoms with Gasteiger partial charge < -0.3 is 10.0 Å². The van der Waals surface area contributed by atoms with Crippen LogP contribution in [0.1, 0.15) is 51.7 Å². The number of amides is 1. The van der Waals surface area contributed by atoms with E-state index < -0.39 is 5.97 Å². The lowest BCUT2D eigenvalue weighted by atomic mass is 10.0. The lowest BCUT2D eigenvalue weighted by molar-refractivity contribution is 0.0693. The number of aryl methyl sites for hydroxylation is 2. The van der Waals surface area contributed by atoms with E-state index in [-0.39, 0.29) is 17.5 Å². The van der Waals surface area contributed by atoms with E-state index in [1.807, 2.05) is 35.2 Å². The van der Waals surface area contributed by atoms with Gasteiger partial charge in [0.05, 0.1) is 23.0 Å². The molecule has 27 heavy (non-hydrogen) atoms. The Bertz CT molecular complexity index is 877. The maximum absolute atomic E-state index is 12.8. The van der Waals surface area contributed by atoms with Gasteiger partial charge in [0, 0.05) is 17.7 Å². The number of benzene rings is 1. The molecule has 3 rings (SSSR count). The Morgan fingerprint density at radius 1 is 1.22 bits per heavy atom. The number of rotatable bonds is 5. The first-order valence-electron chi connectivity index (χ1n) is 9.22. The molecule has 1 amide bonds. The third kappa shape index (κ3) is 3.77. The highest BCUT2D eigenvalue weighted by Crippen LogP contribution is 2.24. The summed E-state index contributed by atoms with van der Waals surface area (Å²) in [5, 5.41) is 9.28. The summed E-state index contributed by atoms with van der Waals surface area (Å²) in [6.45, 7) is 6.25. The van der Waals surface area contributed by atoms with Gasteiger partial charge in [-0.15, -0.1) is 0 Å². The molecule has 0 saturated carbocycles. The third-order valence-corrected chi connectivity index (χ3v) is 4.94. The summed E-state index contributed by atoms with van der Waals surface area (Å²) in [4.78, 5) is 30.5. The Balaban J connectivity index is 1.84.